The summed E-state index contributed by atoms with van der Waals surface area (Å²) in [6.45, 7) is 3.08. The van der Waals surface area contributed by atoms with Crippen LogP contribution in [-0.4, -0.2) is 44.3 Å². The van der Waals surface area contributed by atoms with E-state index in [9.17, 15) is 27.6 Å². The molecule has 3 N–H and O–H groups in total. The summed E-state index contributed by atoms with van der Waals surface area (Å²) in [5.74, 6) is -2.01. The Morgan fingerprint density at radius 1 is 1.13 bits per heavy atom. The van der Waals surface area contributed by atoms with Gasteiger partial charge >= 0.3 is 12.3 Å². The van der Waals surface area contributed by atoms with Gasteiger partial charge in [0.15, 0.2) is 0 Å². The zero-order valence-electron chi connectivity index (χ0n) is 16.8. The zero-order chi connectivity index (χ0) is 23.2. The number of carbonyl (C=O) groups excluding carboxylic acids is 3. The number of amides is 2. The van der Waals surface area contributed by atoms with E-state index in [-0.39, 0.29) is 28.6 Å². The Kier molecular flexibility index (Phi) is 7.86. The second kappa shape index (κ2) is 10.2. The monoisotopic (exact) mass is 459 g/mol. The molecule has 0 fully saturated rings. The van der Waals surface area contributed by atoms with E-state index in [2.05, 4.69) is 20.7 Å². The molecule has 12 heteroatoms. The summed E-state index contributed by atoms with van der Waals surface area (Å²) in [7, 11) is 1.44. The molecule has 1 aromatic carbocycles. The summed E-state index contributed by atoms with van der Waals surface area (Å²) in [5, 5.41) is 7.94. The fraction of sp³-hybridized carbons (Fsp3) is 0.316. The Balaban J connectivity index is 2.09. The average molecular weight is 459 g/mol. The van der Waals surface area contributed by atoms with Crippen LogP contribution in [0.25, 0.3) is 0 Å². The van der Waals surface area contributed by atoms with Crippen molar-refractivity contribution < 1.29 is 37.0 Å². The smallest absolute Gasteiger partial charge is 0.462 e. The van der Waals surface area contributed by atoms with Gasteiger partial charge in [-0.05, 0) is 43.7 Å². The highest BCUT2D eigenvalue weighted by Crippen LogP contribution is 2.33. The minimum atomic E-state index is -4.79. The summed E-state index contributed by atoms with van der Waals surface area (Å²) in [5.41, 5.74) is 0.850. The van der Waals surface area contributed by atoms with Crippen LogP contribution in [0, 0.1) is 6.92 Å². The number of rotatable bonds is 8. The van der Waals surface area contributed by atoms with Gasteiger partial charge in [0.2, 0.25) is 5.91 Å². The van der Waals surface area contributed by atoms with Crippen molar-refractivity contribution in [3.05, 3.63) is 40.3 Å². The van der Waals surface area contributed by atoms with Crippen molar-refractivity contribution >= 4 is 39.8 Å². The molecule has 0 saturated heterocycles. The second-order valence-corrected chi connectivity index (χ2v) is 7.05. The topological polar surface area (TPSA) is 106 Å². The average Bonchev–Trinajstić information content (AvgIpc) is 3.01. The van der Waals surface area contributed by atoms with Crippen molar-refractivity contribution in [3.8, 4) is 5.75 Å². The lowest BCUT2D eigenvalue weighted by atomic mass is 10.1. The quantitative estimate of drug-likeness (QED) is 0.522. The lowest BCUT2D eigenvalue weighted by Crippen LogP contribution is -2.22. The molecule has 1 heterocycles. The van der Waals surface area contributed by atoms with E-state index in [0.29, 0.717) is 11.3 Å². The van der Waals surface area contributed by atoms with Crippen LogP contribution in [0.5, 0.6) is 5.75 Å². The SMILES string of the molecule is CCOC(=O)c1c(NC(=O)CNc2ccc(OC(F)(F)F)cc2)sc(C(=O)NC)c1C. The van der Waals surface area contributed by atoms with Crippen molar-refractivity contribution in [2.75, 3.05) is 30.8 Å². The van der Waals surface area contributed by atoms with Gasteiger partial charge in [0, 0.05) is 12.7 Å². The number of anilines is 2. The molecule has 0 aliphatic heterocycles. The van der Waals surface area contributed by atoms with Gasteiger partial charge in [0.1, 0.15) is 10.8 Å². The number of esters is 1. The zero-order valence-corrected chi connectivity index (χ0v) is 17.6. The molecule has 0 spiro atoms. The minimum absolute atomic E-state index is 0.0902. The van der Waals surface area contributed by atoms with Crippen LogP contribution >= 0.6 is 11.3 Å². The first-order chi connectivity index (χ1) is 14.6. The Morgan fingerprint density at radius 3 is 2.32 bits per heavy atom. The Labute approximate surface area is 179 Å². The molecule has 168 valence electrons. The van der Waals surface area contributed by atoms with Gasteiger partial charge in [0.25, 0.3) is 5.91 Å². The van der Waals surface area contributed by atoms with E-state index in [0.717, 1.165) is 23.5 Å². The van der Waals surface area contributed by atoms with Crippen LogP contribution in [0.3, 0.4) is 0 Å². The molecular weight excluding hydrogens is 439 g/mol. The fourth-order valence-corrected chi connectivity index (χ4v) is 3.67. The van der Waals surface area contributed by atoms with Crippen LogP contribution in [-0.2, 0) is 9.53 Å². The molecule has 31 heavy (non-hydrogen) atoms. The number of hydrogen-bond acceptors (Lipinski definition) is 7. The predicted molar refractivity (Wildman–Crippen MR) is 109 cm³/mol. The number of hydrogen-bond donors (Lipinski definition) is 3. The first kappa shape index (κ1) is 24.0. The van der Waals surface area contributed by atoms with Crippen LogP contribution < -0.4 is 20.7 Å². The van der Waals surface area contributed by atoms with Gasteiger partial charge in [0.05, 0.1) is 23.6 Å². The highest BCUT2D eigenvalue weighted by Gasteiger charge is 2.31. The predicted octanol–water partition coefficient (Wildman–Crippen LogP) is 3.54. The van der Waals surface area contributed by atoms with Gasteiger partial charge in [-0.2, -0.15) is 0 Å². The molecule has 2 aromatic rings. The largest absolute Gasteiger partial charge is 0.573 e. The van der Waals surface area contributed by atoms with Crippen molar-refractivity contribution in [2.24, 2.45) is 0 Å². The number of halogens is 3. The molecule has 0 aliphatic rings. The summed E-state index contributed by atoms with van der Waals surface area (Å²) in [4.78, 5) is 36.9. The number of carbonyl (C=O) groups is 3. The Morgan fingerprint density at radius 2 is 1.77 bits per heavy atom. The highest BCUT2D eigenvalue weighted by molar-refractivity contribution is 7.18. The van der Waals surface area contributed by atoms with Crippen LogP contribution in [0.4, 0.5) is 23.9 Å². The van der Waals surface area contributed by atoms with Crippen molar-refractivity contribution in [2.45, 2.75) is 20.2 Å². The van der Waals surface area contributed by atoms with E-state index in [4.69, 9.17) is 4.74 Å². The van der Waals surface area contributed by atoms with Gasteiger partial charge in [-0.25, -0.2) is 4.79 Å². The molecule has 0 unspecified atom stereocenters. The number of nitrogens with one attached hydrogen (secondary N) is 3. The molecule has 8 nitrogen and oxygen atoms in total. The minimum Gasteiger partial charge on any atom is -0.462 e. The normalized spacial score (nSPS) is 10.9. The molecule has 0 radical (unpaired) electrons. The summed E-state index contributed by atoms with van der Waals surface area (Å²) >= 11 is 0.935. The first-order valence-electron chi connectivity index (χ1n) is 8.97. The van der Waals surface area contributed by atoms with E-state index in [1.807, 2.05) is 0 Å². The van der Waals surface area contributed by atoms with Crippen LogP contribution in [0.2, 0.25) is 0 Å². The van der Waals surface area contributed by atoms with E-state index < -0.39 is 29.9 Å². The molecule has 2 amide bonds. The van der Waals surface area contributed by atoms with Gasteiger partial charge < -0.3 is 25.4 Å². The van der Waals surface area contributed by atoms with E-state index in [1.165, 1.54) is 19.2 Å². The Bertz CT molecular complexity index is 958. The van der Waals surface area contributed by atoms with Crippen LogP contribution in [0.1, 0.15) is 32.5 Å². The lowest BCUT2D eigenvalue weighted by molar-refractivity contribution is -0.274. The van der Waals surface area contributed by atoms with Gasteiger partial charge in [-0.3, -0.25) is 9.59 Å². The van der Waals surface area contributed by atoms with Gasteiger partial charge in [-0.1, -0.05) is 0 Å². The molecule has 0 aliphatic carbocycles. The summed E-state index contributed by atoms with van der Waals surface area (Å²) < 4.78 is 45.4. The molecular formula is C19H20F3N3O5S. The maximum Gasteiger partial charge on any atom is 0.573 e. The number of alkyl halides is 3. The molecule has 2 rings (SSSR count). The molecule has 0 bridgehead atoms. The molecule has 0 atom stereocenters. The Hall–Kier alpha value is -3.28. The maximum absolute atomic E-state index is 12.3. The third-order valence-corrected chi connectivity index (χ3v) is 5.06. The maximum atomic E-state index is 12.3. The van der Waals surface area contributed by atoms with Crippen molar-refractivity contribution in [3.63, 3.8) is 0 Å². The van der Waals surface area contributed by atoms with Crippen molar-refractivity contribution in [1.29, 1.82) is 0 Å². The standard InChI is InChI=1S/C19H20F3N3O5S/c1-4-29-18(28)14-10(2)15(16(27)23-3)31-17(14)25-13(26)9-24-11-5-7-12(8-6-11)30-19(20,21)22/h5-8,24H,4,9H2,1-3H3,(H,23,27)(H,25,26). The number of ether oxygens (including phenoxy) is 2. The second-order valence-electron chi connectivity index (χ2n) is 6.03. The first-order valence-corrected chi connectivity index (χ1v) is 9.79. The molecule has 1 aromatic heterocycles. The third kappa shape index (κ3) is 6.60. The number of thiophene rings is 1. The lowest BCUT2D eigenvalue weighted by Gasteiger charge is -2.11. The fourth-order valence-electron chi connectivity index (χ4n) is 2.51. The van der Waals surface area contributed by atoms with E-state index >= 15 is 0 Å². The highest BCUT2D eigenvalue weighted by atomic mass is 32.1. The van der Waals surface area contributed by atoms with Gasteiger partial charge in [-0.15, -0.1) is 24.5 Å². The number of benzene rings is 1. The summed E-state index contributed by atoms with van der Waals surface area (Å²) in [6.07, 6.45) is -4.79. The third-order valence-electron chi connectivity index (χ3n) is 3.85. The summed E-state index contributed by atoms with van der Waals surface area (Å²) in [6, 6.07) is 4.84. The molecule has 0 saturated carbocycles. The van der Waals surface area contributed by atoms with Crippen LogP contribution in [0.15, 0.2) is 24.3 Å². The van der Waals surface area contributed by atoms with Crippen molar-refractivity contribution in [1.82, 2.24) is 5.32 Å². The van der Waals surface area contributed by atoms with E-state index in [1.54, 1.807) is 13.8 Å².